The molecule has 2 aromatic carbocycles. The molecule has 1 unspecified atom stereocenters. The van der Waals surface area contributed by atoms with Crippen LogP contribution in [0, 0.1) is 0 Å². The Bertz CT molecular complexity index is 751. The van der Waals surface area contributed by atoms with Gasteiger partial charge in [0.25, 0.3) is 0 Å². The second-order valence-corrected chi connectivity index (χ2v) is 6.86. The summed E-state index contributed by atoms with van der Waals surface area (Å²) in [5, 5.41) is 3.68. The molecule has 2 nitrogen and oxygen atoms in total. The molecule has 20 heavy (non-hydrogen) atoms. The third-order valence-electron chi connectivity index (χ3n) is 3.64. The predicted molar refractivity (Wildman–Crippen MR) is 88.6 cm³/mol. The SMILES string of the molecule is c1ccc2c(c1)CSCC2Nc1ccc2ncsc2c1. The lowest BCUT2D eigenvalue weighted by Gasteiger charge is -2.26. The Morgan fingerprint density at radius 2 is 2.10 bits per heavy atom. The summed E-state index contributed by atoms with van der Waals surface area (Å²) in [6, 6.07) is 15.6. The van der Waals surface area contributed by atoms with Gasteiger partial charge in [0.1, 0.15) is 0 Å². The first-order valence-electron chi connectivity index (χ1n) is 6.65. The lowest BCUT2D eigenvalue weighted by atomic mass is 10.0. The van der Waals surface area contributed by atoms with Crippen LogP contribution in [0.2, 0.25) is 0 Å². The van der Waals surface area contributed by atoms with Crippen molar-refractivity contribution in [3.8, 4) is 0 Å². The van der Waals surface area contributed by atoms with Gasteiger partial charge in [-0.2, -0.15) is 11.8 Å². The smallest absolute Gasteiger partial charge is 0.0813 e. The average molecular weight is 298 g/mol. The van der Waals surface area contributed by atoms with Crippen molar-refractivity contribution in [1.29, 1.82) is 0 Å². The summed E-state index contributed by atoms with van der Waals surface area (Å²) < 4.78 is 1.24. The van der Waals surface area contributed by atoms with Gasteiger partial charge in [-0.25, -0.2) is 4.98 Å². The van der Waals surface area contributed by atoms with E-state index in [0.29, 0.717) is 6.04 Å². The molecule has 1 aliphatic rings. The Hall–Kier alpha value is -1.52. The van der Waals surface area contributed by atoms with Crippen LogP contribution >= 0.6 is 23.1 Å². The van der Waals surface area contributed by atoms with E-state index in [0.717, 1.165) is 17.0 Å². The molecule has 2 heterocycles. The van der Waals surface area contributed by atoms with E-state index in [9.17, 15) is 0 Å². The van der Waals surface area contributed by atoms with Gasteiger partial charge in [-0.1, -0.05) is 24.3 Å². The van der Waals surface area contributed by atoms with Gasteiger partial charge in [-0.05, 0) is 29.3 Å². The lowest BCUT2D eigenvalue weighted by Crippen LogP contribution is -2.18. The molecular formula is C16H14N2S2. The third-order valence-corrected chi connectivity index (χ3v) is 5.52. The number of nitrogens with one attached hydrogen (secondary N) is 1. The van der Waals surface area contributed by atoms with E-state index in [1.807, 2.05) is 17.3 Å². The van der Waals surface area contributed by atoms with Gasteiger partial charge in [0.05, 0.1) is 21.8 Å². The highest BCUT2D eigenvalue weighted by Crippen LogP contribution is 2.34. The van der Waals surface area contributed by atoms with Gasteiger partial charge < -0.3 is 5.32 Å². The van der Waals surface area contributed by atoms with Crippen LogP contribution in [0.5, 0.6) is 0 Å². The van der Waals surface area contributed by atoms with Crippen molar-refractivity contribution < 1.29 is 0 Å². The predicted octanol–water partition coefficient (Wildman–Crippen LogP) is 4.70. The van der Waals surface area contributed by atoms with Crippen molar-refractivity contribution in [3.63, 3.8) is 0 Å². The molecule has 0 saturated heterocycles. The zero-order chi connectivity index (χ0) is 13.4. The van der Waals surface area contributed by atoms with Crippen molar-refractivity contribution in [2.45, 2.75) is 11.8 Å². The maximum absolute atomic E-state index is 4.33. The molecule has 4 rings (SSSR count). The average Bonchev–Trinajstić information content (AvgIpc) is 2.95. The molecule has 1 aromatic heterocycles. The minimum absolute atomic E-state index is 0.398. The first-order valence-corrected chi connectivity index (χ1v) is 8.69. The topological polar surface area (TPSA) is 24.9 Å². The van der Waals surface area contributed by atoms with Crippen LogP contribution in [0.1, 0.15) is 17.2 Å². The van der Waals surface area contributed by atoms with Gasteiger partial charge >= 0.3 is 0 Å². The molecule has 0 bridgehead atoms. The van der Waals surface area contributed by atoms with Gasteiger partial charge in [-0.3, -0.25) is 0 Å². The first kappa shape index (κ1) is 12.2. The second kappa shape index (κ2) is 5.11. The zero-order valence-electron chi connectivity index (χ0n) is 10.9. The summed E-state index contributed by atoms with van der Waals surface area (Å²) in [7, 11) is 0. The number of benzene rings is 2. The number of thiazole rings is 1. The van der Waals surface area contributed by atoms with Gasteiger partial charge in [0.15, 0.2) is 0 Å². The maximum Gasteiger partial charge on any atom is 0.0813 e. The van der Waals surface area contributed by atoms with Crippen molar-refractivity contribution in [2.24, 2.45) is 0 Å². The molecule has 3 aromatic rings. The minimum Gasteiger partial charge on any atom is -0.377 e. The number of hydrogen-bond donors (Lipinski definition) is 1. The molecule has 100 valence electrons. The lowest BCUT2D eigenvalue weighted by molar-refractivity contribution is 0.871. The molecule has 4 heteroatoms. The van der Waals surface area contributed by atoms with Gasteiger partial charge in [-0.15, -0.1) is 11.3 Å². The molecule has 1 N–H and O–H groups in total. The Labute approximate surface area is 126 Å². The number of fused-ring (bicyclic) bond motifs is 2. The molecular weight excluding hydrogens is 284 g/mol. The molecule has 0 fully saturated rings. The summed E-state index contributed by atoms with van der Waals surface area (Å²) in [6.07, 6.45) is 0. The molecule has 0 radical (unpaired) electrons. The molecule has 1 atom stereocenters. The van der Waals surface area contributed by atoms with Crippen LogP contribution in [0.3, 0.4) is 0 Å². The van der Waals surface area contributed by atoms with E-state index in [1.165, 1.54) is 21.5 Å². The highest BCUT2D eigenvalue weighted by atomic mass is 32.2. The normalized spacial score (nSPS) is 17.9. The number of aromatic nitrogens is 1. The van der Waals surface area contributed by atoms with E-state index in [1.54, 1.807) is 11.3 Å². The zero-order valence-corrected chi connectivity index (χ0v) is 12.5. The number of nitrogens with zero attached hydrogens (tertiary/aromatic N) is 1. The summed E-state index contributed by atoms with van der Waals surface area (Å²) in [6.45, 7) is 0. The van der Waals surface area contributed by atoms with E-state index < -0.39 is 0 Å². The van der Waals surface area contributed by atoms with Crippen molar-refractivity contribution in [3.05, 3.63) is 59.1 Å². The largest absolute Gasteiger partial charge is 0.377 e. The summed E-state index contributed by atoms with van der Waals surface area (Å²) in [5.74, 6) is 2.25. The standard InChI is InChI=1S/C16H14N2S2/c1-2-4-13-11(3-1)8-19-9-15(13)18-12-5-6-14-16(7-12)20-10-17-14/h1-7,10,15,18H,8-9H2. The third kappa shape index (κ3) is 2.19. The maximum atomic E-state index is 4.33. The Morgan fingerprint density at radius 1 is 1.15 bits per heavy atom. The molecule has 0 amide bonds. The van der Waals surface area contributed by atoms with E-state index >= 15 is 0 Å². The van der Waals surface area contributed by atoms with E-state index in [4.69, 9.17) is 0 Å². The molecule has 0 spiro atoms. The monoisotopic (exact) mass is 298 g/mol. The van der Waals surface area contributed by atoms with Crippen molar-refractivity contribution in [1.82, 2.24) is 4.98 Å². The fourth-order valence-corrected chi connectivity index (χ4v) is 4.46. The molecule has 0 aliphatic carbocycles. The first-order chi connectivity index (χ1) is 9.90. The quantitative estimate of drug-likeness (QED) is 0.742. The second-order valence-electron chi connectivity index (χ2n) is 4.95. The Balaban J connectivity index is 1.66. The van der Waals surface area contributed by atoms with E-state index in [2.05, 4.69) is 52.8 Å². The van der Waals surface area contributed by atoms with Crippen molar-refractivity contribution >= 4 is 39.0 Å². The highest BCUT2D eigenvalue weighted by Gasteiger charge is 2.19. The summed E-state index contributed by atoms with van der Waals surface area (Å²) in [5.41, 5.74) is 7.07. The number of thioether (sulfide) groups is 1. The van der Waals surface area contributed by atoms with Crippen LogP contribution in [0.15, 0.2) is 48.0 Å². The van der Waals surface area contributed by atoms with Crippen LogP contribution in [0.25, 0.3) is 10.2 Å². The highest BCUT2D eigenvalue weighted by molar-refractivity contribution is 7.98. The Morgan fingerprint density at radius 3 is 3.10 bits per heavy atom. The summed E-state index contributed by atoms with van der Waals surface area (Å²) >= 11 is 3.69. The Kier molecular flexibility index (Phi) is 3.13. The van der Waals surface area contributed by atoms with Crippen molar-refractivity contribution in [2.75, 3.05) is 11.1 Å². The van der Waals surface area contributed by atoms with Crippen LogP contribution in [-0.2, 0) is 5.75 Å². The van der Waals surface area contributed by atoms with Crippen LogP contribution in [0.4, 0.5) is 5.69 Å². The fraction of sp³-hybridized carbons (Fsp3) is 0.188. The fourth-order valence-electron chi connectivity index (χ4n) is 2.65. The number of rotatable bonds is 2. The minimum atomic E-state index is 0.398. The van der Waals surface area contributed by atoms with Crippen LogP contribution in [-0.4, -0.2) is 10.7 Å². The molecule has 1 aliphatic heterocycles. The summed E-state index contributed by atoms with van der Waals surface area (Å²) in [4.78, 5) is 4.33. The van der Waals surface area contributed by atoms with E-state index in [-0.39, 0.29) is 0 Å². The van der Waals surface area contributed by atoms with Gasteiger partial charge in [0.2, 0.25) is 0 Å². The molecule has 0 saturated carbocycles. The van der Waals surface area contributed by atoms with Crippen LogP contribution < -0.4 is 5.32 Å². The number of anilines is 1. The number of hydrogen-bond acceptors (Lipinski definition) is 4. The van der Waals surface area contributed by atoms with Gasteiger partial charge in [0, 0.05) is 17.2 Å².